The number of halogens is 1. The molecule has 1 aromatic carbocycles. The van der Waals surface area contributed by atoms with Crippen LogP contribution in [-0.4, -0.2) is 34.0 Å². The summed E-state index contributed by atoms with van der Waals surface area (Å²) in [4.78, 5) is 19.5. The smallest absolute Gasteiger partial charge is 0.222 e. The van der Waals surface area contributed by atoms with E-state index >= 15 is 0 Å². The maximum atomic E-state index is 12.0. The van der Waals surface area contributed by atoms with Crippen LogP contribution in [0.3, 0.4) is 0 Å². The third-order valence-corrected chi connectivity index (χ3v) is 6.52. The summed E-state index contributed by atoms with van der Waals surface area (Å²) >= 11 is 7.39. The minimum absolute atomic E-state index is 0.145. The van der Waals surface area contributed by atoms with Gasteiger partial charge in [-0.1, -0.05) is 18.5 Å². The Kier molecular flexibility index (Phi) is 6.40. The van der Waals surface area contributed by atoms with Crippen molar-refractivity contribution < 1.29 is 14.6 Å². The van der Waals surface area contributed by atoms with Crippen molar-refractivity contribution in [2.24, 2.45) is 0 Å². The van der Waals surface area contributed by atoms with Gasteiger partial charge < -0.3 is 14.7 Å². The molecule has 0 saturated carbocycles. The van der Waals surface area contributed by atoms with E-state index in [1.165, 1.54) is 11.3 Å². The first-order chi connectivity index (χ1) is 12.9. The first-order valence-corrected chi connectivity index (χ1v) is 10.5. The number of aliphatic hydroxyl groups is 1. The Morgan fingerprint density at radius 2 is 2.07 bits per heavy atom. The maximum Gasteiger partial charge on any atom is 0.222 e. The van der Waals surface area contributed by atoms with Gasteiger partial charge in [-0.3, -0.25) is 4.79 Å². The fourth-order valence-corrected chi connectivity index (χ4v) is 4.49. The summed E-state index contributed by atoms with van der Waals surface area (Å²) in [6.07, 6.45) is 2.41. The molecule has 0 unspecified atom stereocenters. The number of ether oxygens (including phenoxy) is 1. The molecule has 0 bridgehead atoms. The first kappa shape index (κ1) is 20.1. The van der Waals surface area contributed by atoms with Crippen molar-refractivity contribution in [2.75, 3.05) is 13.1 Å². The monoisotopic (exact) mass is 408 g/mol. The van der Waals surface area contributed by atoms with E-state index in [1.807, 2.05) is 30.9 Å². The molecule has 3 rings (SSSR count). The molecule has 1 N–H and O–H groups in total. The summed E-state index contributed by atoms with van der Waals surface area (Å²) in [6.45, 7) is 5.48. The number of rotatable bonds is 5. The minimum Gasteiger partial charge on any atom is -0.488 e. The molecule has 1 aliphatic heterocycles. The molecule has 0 aliphatic carbocycles. The number of aryl methyl sites for hydroxylation is 1. The second kappa shape index (κ2) is 8.59. The van der Waals surface area contributed by atoms with Crippen LogP contribution in [0.25, 0.3) is 0 Å². The van der Waals surface area contributed by atoms with Crippen LogP contribution in [0.1, 0.15) is 48.2 Å². The summed E-state index contributed by atoms with van der Waals surface area (Å²) in [5, 5.41) is 12.6. The maximum absolute atomic E-state index is 12.0. The van der Waals surface area contributed by atoms with Crippen molar-refractivity contribution in [3.8, 4) is 5.75 Å². The third kappa shape index (κ3) is 4.81. The van der Waals surface area contributed by atoms with E-state index < -0.39 is 5.60 Å². The van der Waals surface area contributed by atoms with Crippen LogP contribution in [0.5, 0.6) is 5.75 Å². The number of aromatic nitrogens is 1. The molecular weight excluding hydrogens is 384 g/mol. The van der Waals surface area contributed by atoms with Crippen molar-refractivity contribution in [3.63, 3.8) is 0 Å². The fraction of sp³-hybridized carbons (Fsp3) is 0.500. The molecule has 1 fully saturated rings. The van der Waals surface area contributed by atoms with E-state index in [1.54, 1.807) is 12.1 Å². The van der Waals surface area contributed by atoms with Gasteiger partial charge in [0.2, 0.25) is 5.91 Å². The Bertz CT molecular complexity index is 793. The lowest BCUT2D eigenvalue weighted by atomic mass is 9.96. The number of amides is 1. The summed E-state index contributed by atoms with van der Waals surface area (Å²) in [7, 11) is 0. The van der Waals surface area contributed by atoms with E-state index in [4.69, 9.17) is 16.3 Å². The standard InChI is InChI=1S/C20H25ClN2O3S/c1-3-18(24)23-11-4-9-20(25,10-12-23)19-22-14(2)17(27-19)13-26-16-7-5-15(21)6-8-16/h5-8,25H,3-4,9-13H2,1-2H3/t20-/m0/s1. The fourth-order valence-electron chi connectivity index (χ4n) is 3.25. The number of likely N-dealkylation sites (tertiary alicyclic amines) is 1. The van der Waals surface area contributed by atoms with Gasteiger partial charge in [-0.05, 0) is 44.0 Å². The predicted octanol–water partition coefficient (Wildman–Crippen LogP) is 4.29. The van der Waals surface area contributed by atoms with Crippen molar-refractivity contribution in [2.45, 2.75) is 51.7 Å². The number of thiazole rings is 1. The number of carbonyl (C=O) groups excluding carboxylic acids is 1. The largest absolute Gasteiger partial charge is 0.488 e. The minimum atomic E-state index is -0.975. The highest BCUT2D eigenvalue weighted by molar-refractivity contribution is 7.11. The molecule has 2 aromatic rings. The summed E-state index contributed by atoms with van der Waals surface area (Å²) < 4.78 is 5.83. The predicted molar refractivity (Wildman–Crippen MR) is 107 cm³/mol. The Morgan fingerprint density at radius 3 is 2.78 bits per heavy atom. The van der Waals surface area contributed by atoms with Gasteiger partial charge >= 0.3 is 0 Å². The molecule has 1 saturated heterocycles. The average Bonchev–Trinajstić information content (AvgIpc) is 2.92. The highest BCUT2D eigenvalue weighted by Crippen LogP contribution is 2.37. The topological polar surface area (TPSA) is 62.7 Å². The Morgan fingerprint density at radius 1 is 1.33 bits per heavy atom. The van der Waals surface area contributed by atoms with Crippen LogP contribution in [-0.2, 0) is 17.0 Å². The van der Waals surface area contributed by atoms with Crippen LogP contribution in [0, 0.1) is 6.92 Å². The van der Waals surface area contributed by atoms with Gasteiger partial charge in [0.25, 0.3) is 0 Å². The molecule has 7 heteroatoms. The molecule has 1 atom stereocenters. The second-order valence-electron chi connectivity index (χ2n) is 6.89. The van der Waals surface area contributed by atoms with E-state index in [-0.39, 0.29) is 5.91 Å². The molecule has 0 radical (unpaired) electrons. The van der Waals surface area contributed by atoms with Crippen LogP contribution in [0.2, 0.25) is 5.02 Å². The lowest BCUT2D eigenvalue weighted by molar-refractivity contribution is -0.131. The van der Waals surface area contributed by atoms with Gasteiger partial charge in [-0.15, -0.1) is 11.3 Å². The van der Waals surface area contributed by atoms with E-state index in [0.29, 0.717) is 44.0 Å². The zero-order chi connectivity index (χ0) is 19.4. The normalized spacial score (nSPS) is 20.4. The van der Waals surface area contributed by atoms with Crippen molar-refractivity contribution in [1.82, 2.24) is 9.88 Å². The van der Waals surface area contributed by atoms with Crippen LogP contribution >= 0.6 is 22.9 Å². The Hall–Kier alpha value is -1.63. The molecule has 1 amide bonds. The summed E-state index contributed by atoms with van der Waals surface area (Å²) in [6, 6.07) is 7.24. The number of hydrogen-bond acceptors (Lipinski definition) is 5. The van der Waals surface area contributed by atoms with E-state index in [2.05, 4.69) is 4.98 Å². The van der Waals surface area contributed by atoms with Gasteiger partial charge in [0.1, 0.15) is 23.0 Å². The Labute approximate surface area is 168 Å². The first-order valence-electron chi connectivity index (χ1n) is 9.26. The van der Waals surface area contributed by atoms with Gasteiger partial charge in [0.05, 0.1) is 10.6 Å². The highest BCUT2D eigenvalue weighted by Gasteiger charge is 2.36. The molecular formula is C20H25ClN2O3S. The number of benzene rings is 1. The molecule has 1 aromatic heterocycles. The molecule has 0 spiro atoms. The van der Waals surface area contributed by atoms with Gasteiger partial charge in [-0.25, -0.2) is 4.98 Å². The van der Waals surface area contributed by atoms with Crippen LogP contribution in [0.15, 0.2) is 24.3 Å². The number of hydrogen-bond donors (Lipinski definition) is 1. The zero-order valence-corrected chi connectivity index (χ0v) is 17.3. The van der Waals surface area contributed by atoms with Crippen molar-refractivity contribution >= 4 is 28.8 Å². The van der Waals surface area contributed by atoms with E-state index in [0.717, 1.165) is 27.7 Å². The zero-order valence-electron chi connectivity index (χ0n) is 15.7. The van der Waals surface area contributed by atoms with Gasteiger partial charge in [0.15, 0.2) is 0 Å². The van der Waals surface area contributed by atoms with Crippen LogP contribution in [0.4, 0.5) is 0 Å². The molecule has 1 aliphatic rings. The average molecular weight is 409 g/mol. The second-order valence-corrected chi connectivity index (χ2v) is 8.41. The lowest BCUT2D eigenvalue weighted by Gasteiger charge is -2.24. The lowest BCUT2D eigenvalue weighted by Crippen LogP contribution is -2.33. The van der Waals surface area contributed by atoms with Gasteiger partial charge in [0, 0.05) is 31.0 Å². The number of nitrogens with zero attached hydrogens (tertiary/aromatic N) is 2. The summed E-state index contributed by atoms with van der Waals surface area (Å²) in [5.74, 6) is 0.891. The molecule has 5 nitrogen and oxygen atoms in total. The third-order valence-electron chi connectivity index (χ3n) is 4.94. The molecule has 27 heavy (non-hydrogen) atoms. The SMILES string of the molecule is CCC(=O)N1CCC[C@@](O)(c2nc(C)c(COc3ccc(Cl)cc3)s2)CC1. The molecule has 146 valence electrons. The van der Waals surface area contributed by atoms with Crippen molar-refractivity contribution in [3.05, 3.63) is 44.9 Å². The summed E-state index contributed by atoms with van der Waals surface area (Å²) in [5.41, 5.74) is -0.0976. The molecule has 2 heterocycles. The quantitative estimate of drug-likeness (QED) is 0.801. The van der Waals surface area contributed by atoms with Gasteiger partial charge in [-0.2, -0.15) is 0 Å². The Balaban J connectivity index is 1.69. The van der Waals surface area contributed by atoms with E-state index in [9.17, 15) is 9.90 Å². The van der Waals surface area contributed by atoms with Crippen molar-refractivity contribution in [1.29, 1.82) is 0 Å². The van der Waals surface area contributed by atoms with Crippen LogP contribution < -0.4 is 4.74 Å². The highest BCUT2D eigenvalue weighted by atomic mass is 35.5. The number of carbonyl (C=O) groups is 1.